The van der Waals surface area contributed by atoms with Crippen molar-refractivity contribution in [3.8, 4) is 0 Å². The van der Waals surface area contributed by atoms with Crippen molar-refractivity contribution in [1.29, 1.82) is 0 Å². The fraction of sp³-hybridized carbons (Fsp3) is 1.00. The molecule has 0 saturated heterocycles. The molecule has 2 fully saturated rings. The molecule has 0 aromatic carbocycles. The minimum absolute atomic E-state index is 0.636. The van der Waals surface area contributed by atoms with Gasteiger partial charge in [-0.2, -0.15) is 0 Å². The molecule has 2 rings (SSSR count). The van der Waals surface area contributed by atoms with Gasteiger partial charge in [-0.05, 0) is 42.4 Å². The fourth-order valence-electron chi connectivity index (χ4n) is 4.44. The lowest BCUT2D eigenvalue weighted by Crippen LogP contribution is -2.37. The molecule has 0 aromatic heterocycles. The Morgan fingerprint density at radius 2 is 1.87 bits per heavy atom. The summed E-state index contributed by atoms with van der Waals surface area (Å²) in [6, 6.07) is 1.41. The van der Waals surface area contributed by atoms with E-state index in [1.54, 1.807) is 0 Å². The average Bonchev–Trinajstić information content (AvgIpc) is 2.47. The van der Waals surface area contributed by atoms with Gasteiger partial charge in [0.05, 0.1) is 0 Å². The lowest BCUT2D eigenvalue weighted by Gasteiger charge is -2.24. The van der Waals surface area contributed by atoms with Crippen LogP contribution < -0.4 is 5.32 Å². The smallest absolute Gasteiger partial charge is 0.0103 e. The monoisotopic (exact) mass is 209 g/mol. The molecule has 0 radical (unpaired) electrons. The summed E-state index contributed by atoms with van der Waals surface area (Å²) in [6.45, 7) is 12.0. The first-order chi connectivity index (χ1) is 6.92. The van der Waals surface area contributed by atoms with Gasteiger partial charge in [-0.15, -0.1) is 0 Å². The molecule has 0 aliphatic heterocycles. The highest BCUT2D eigenvalue weighted by molar-refractivity contribution is 5.04. The Morgan fingerprint density at radius 1 is 1.20 bits per heavy atom. The molecule has 1 heteroatoms. The summed E-state index contributed by atoms with van der Waals surface area (Å²) < 4.78 is 0. The summed E-state index contributed by atoms with van der Waals surface area (Å²) in [5.74, 6) is 2.81. The number of hydrogen-bond donors (Lipinski definition) is 1. The predicted octanol–water partition coefficient (Wildman–Crippen LogP) is 3.45. The van der Waals surface area contributed by atoms with Crippen molar-refractivity contribution in [2.75, 3.05) is 0 Å². The summed E-state index contributed by atoms with van der Waals surface area (Å²) in [7, 11) is 0. The summed E-state index contributed by atoms with van der Waals surface area (Å²) in [5.41, 5.74) is 0.644. The van der Waals surface area contributed by atoms with E-state index in [1.807, 2.05) is 0 Å². The van der Waals surface area contributed by atoms with Crippen LogP contribution in [0.5, 0.6) is 0 Å². The highest BCUT2D eigenvalue weighted by Gasteiger charge is 2.52. The third kappa shape index (κ3) is 1.95. The van der Waals surface area contributed by atoms with Crippen LogP contribution in [-0.4, -0.2) is 12.1 Å². The summed E-state index contributed by atoms with van der Waals surface area (Å²) in [4.78, 5) is 0. The van der Waals surface area contributed by atoms with Crippen LogP contribution in [0.15, 0.2) is 0 Å². The van der Waals surface area contributed by atoms with E-state index in [0.29, 0.717) is 11.5 Å². The molecule has 15 heavy (non-hydrogen) atoms. The molecule has 2 saturated carbocycles. The van der Waals surface area contributed by atoms with Crippen molar-refractivity contribution in [2.24, 2.45) is 23.2 Å². The predicted molar refractivity (Wildman–Crippen MR) is 65.8 cm³/mol. The zero-order chi connectivity index (χ0) is 11.2. The van der Waals surface area contributed by atoms with Crippen LogP contribution in [0.4, 0.5) is 0 Å². The SMILES string of the molecule is CC1CC2C(C)C(NC(C)C)CC2(C)C1. The molecule has 1 nitrogen and oxygen atoms in total. The maximum Gasteiger partial charge on any atom is 0.0103 e. The van der Waals surface area contributed by atoms with Gasteiger partial charge < -0.3 is 5.32 Å². The van der Waals surface area contributed by atoms with Crippen LogP contribution in [0.25, 0.3) is 0 Å². The molecule has 0 spiro atoms. The Hall–Kier alpha value is -0.0400. The molecule has 2 aliphatic rings. The van der Waals surface area contributed by atoms with E-state index in [4.69, 9.17) is 0 Å². The molecule has 1 N–H and O–H groups in total. The van der Waals surface area contributed by atoms with Gasteiger partial charge in [-0.3, -0.25) is 0 Å². The topological polar surface area (TPSA) is 12.0 Å². The number of fused-ring (bicyclic) bond motifs is 1. The van der Waals surface area contributed by atoms with Gasteiger partial charge in [0.1, 0.15) is 0 Å². The van der Waals surface area contributed by atoms with Crippen molar-refractivity contribution in [1.82, 2.24) is 5.32 Å². The minimum Gasteiger partial charge on any atom is -0.311 e. The van der Waals surface area contributed by atoms with Crippen LogP contribution in [-0.2, 0) is 0 Å². The zero-order valence-electron chi connectivity index (χ0n) is 11.0. The fourth-order valence-corrected chi connectivity index (χ4v) is 4.44. The minimum atomic E-state index is 0.636. The first-order valence-electron chi connectivity index (χ1n) is 6.68. The van der Waals surface area contributed by atoms with E-state index >= 15 is 0 Å². The summed E-state index contributed by atoms with van der Waals surface area (Å²) in [5, 5.41) is 3.76. The van der Waals surface area contributed by atoms with Crippen molar-refractivity contribution in [2.45, 2.75) is 66.0 Å². The van der Waals surface area contributed by atoms with Crippen LogP contribution in [0, 0.1) is 23.2 Å². The number of nitrogens with one attached hydrogen (secondary N) is 1. The zero-order valence-corrected chi connectivity index (χ0v) is 11.0. The standard InChI is InChI=1S/C14H27N/c1-9(2)15-13-8-14(5)7-10(3)6-12(14)11(13)4/h9-13,15H,6-8H2,1-5H3. The van der Waals surface area contributed by atoms with E-state index in [1.165, 1.54) is 19.3 Å². The first-order valence-corrected chi connectivity index (χ1v) is 6.68. The molecular formula is C14H27N. The number of rotatable bonds is 2. The Morgan fingerprint density at radius 3 is 2.40 bits per heavy atom. The number of hydrogen-bond acceptors (Lipinski definition) is 1. The Kier molecular flexibility index (Phi) is 2.87. The largest absolute Gasteiger partial charge is 0.311 e. The summed E-state index contributed by atoms with van der Waals surface area (Å²) in [6.07, 6.45) is 4.33. The summed E-state index contributed by atoms with van der Waals surface area (Å²) >= 11 is 0. The van der Waals surface area contributed by atoms with E-state index in [-0.39, 0.29) is 0 Å². The molecule has 0 bridgehead atoms. The molecular weight excluding hydrogens is 182 g/mol. The van der Waals surface area contributed by atoms with Gasteiger partial charge in [-0.1, -0.05) is 34.6 Å². The maximum absolute atomic E-state index is 3.76. The highest BCUT2D eigenvalue weighted by Crippen LogP contribution is 2.58. The molecule has 2 aliphatic carbocycles. The van der Waals surface area contributed by atoms with E-state index in [0.717, 1.165) is 23.8 Å². The third-order valence-electron chi connectivity index (χ3n) is 4.87. The molecule has 0 heterocycles. The van der Waals surface area contributed by atoms with Crippen molar-refractivity contribution >= 4 is 0 Å². The lowest BCUT2D eigenvalue weighted by atomic mass is 9.80. The Balaban J connectivity index is 2.06. The van der Waals surface area contributed by atoms with Gasteiger partial charge in [-0.25, -0.2) is 0 Å². The van der Waals surface area contributed by atoms with Gasteiger partial charge in [0.25, 0.3) is 0 Å². The van der Waals surface area contributed by atoms with Gasteiger partial charge in [0, 0.05) is 12.1 Å². The molecule has 0 aromatic rings. The normalized spacial score (nSPS) is 50.0. The van der Waals surface area contributed by atoms with Crippen LogP contribution >= 0.6 is 0 Å². The molecule has 0 amide bonds. The van der Waals surface area contributed by atoms with E-state index in [2.05, 4.69) is 39.9 Å². The first kappa shape index (κ1) is 11.4. The second-order valence-corrected chi connectivity index (χ2v) is 6.80. The average molecular weight is 209 g/mol. The van der Waals surface area contributed by atoms with Crippen LogP contribution in [0.1, 0.15) is 53.9 Å². The Labute approximate surface area is 95.0 Å². The van der Waals surface area contributed by atoms with E-state index < -0.39 is 0 Å². The lowest BCUT2D eigenvalue weighted by molar-refractivity contribution is 0.246. The van der Waals surface area contributed by atoms with Crippen molar-refractivity contribution < 1.29 is 0 Å². The van der Waals surface area contributed by atoms with Crippen LogP contribution in [0.3, 0.4) is 0 Å². The van der Waals surface area contributed by atoms with Crippen molar-refractivity contribution in [3.63, 3.8) is 0 Å². The van der Waals surface area contributed by atoms with Gasteiger partial charge in [0.2, 0.25) is 0 Å². The third-order valence-corrected chi connectivity index (χ3v) is 4.87. The van der Waals surface area contributed by atoms with Gasteiger partial charge >= 0.3 is 0 Å². The van der Waals surface area contributed by atoms with E-state index in [9.17, 15) is 0 Å². The molecule has 5 atom stereocenters. The second kappa shape index (κ2) is 3.76. The highest BCUT2D eigenvalue weighted by atomic mass is 15.0. The maximum atomic E-state index is 3.76. The second-order valence-electron chi connectivity index (χ2n) is 6.80. The quantitative estimate of drug-likeness (QED) is 0.734. The van der Waals surface area contributed by atoms with Crippen LogP contribution in [0.2, 0.25) is 0 Å². The Bertz CT molecular complexity index is 235. The molecule has 5 unspecified atom stereocenters. The van der Waals surface area contributed by atoms with Crippen molar-refractivity contribution in [3.05, 3.63) is 0 Å². The molecule has 88 valence electrons. The van der Waals surface area contributed by atoms with Gasteiger partial charge in [0.15, 0.2) is 0 Å².